The Hall–Kier alpha value is -2.35. The van der Waals surface area contributed by atoms with Crippen molar-refractivity contribution in [2.75, 3.05) is 0 Å². The lowest BCUT2D eigenvalue weighted by Gasteiger charge is -1.96. The molecule has 0 radical (unpaired) electrons. The van der Waals surface area contributed by atoms with E-state index in [2.05, 4.69) is 12.1 Å². The zero-order chi connectivity index (χ0) is 12.4. The van der Waals surface area contributed by atoms with Gasteiger partial charge in [-0.05, 0) is 17.7 Å². The summed E-state index contributed by atoms with van der Waals surface area (Å²) in [7, 11) is 0. The molecule has 0 saturated heterocycles. The molecular weight excluding hydrogens is 224 g/mol. The minimum absolute atomic E-state index is 0.642. The highest BCUT2D eigenvalue weighted by Crippen LogP contribution is 2.22. The molecule has 3 aromatic rings. The molecule has 0 N–H and O–H groups in total. The lowest BCUT2D eigenvalue weighted by molar-refractivity contribution is 0.112. The molecule has 2 nitrogen and oxygen atoms in total. The summed E-state index contributed by atoms with van der Waals surface area (Å²) in [4.78, 5) is 10.7. The highest BCUT2D eigenvalue weighted by molar-refractivity contribution is 5.86. The van der Waals surface area contributed by atoms with Crippen molar-refractivity contribution in [3.8, 4) is 0 Å². The average molecular weight is 236 g/mol. The van der Waals surface area contributed by atoms with Crippen LogP contribution in [-0.4, -0.2) is 6.29 Å². The van der Waals surface area contributed by atoms with Gasteiger partial charge in [0.25, 0.3) is 0 Å². The van der Waals surface area contributed by atoms with E-state index in [1.165, 1.54) is 5.56 Å². The standard InChI is InChI=1S/C16H12O2/c17-11-13-6-7-14-10-15(18-16(14)9-13)8-12-4-2-1-3-5-12/h1-7,9-11H,8H2. The molecule has 0 spiro atoms. The minimum atomic E-state index is 0.642. The summed E-state index contributed by atoms with van der Waals surface area (Å²) in [5.41, 5.74) is 2.63. The van der Waals surface area contributed by atoms with Gasteiger partial charge in [-0.3, -0.25) is 4.79 Å². The maximum absolute atomic E-state index is 10.7. The van der Waals surface area contributed by atoms with Gasteiger partial charge in [-0.15, -0.1) is 0 Å². The third kappa shape index (κ3) is 2.05. The second kappa shape index (κ2) is 4.49. The highest BCUT2D eigenvalue weighted by atomic mass is 16.3. The molecule has 0 atom stereocenters. The van der Waals surface area contributed by atoms with Crippen molar-refractivity contribution in [2.45, 2.75) is 6.42 Å². The van der Waals surface area contributed by atoms with Gasteiger partial charge < -0.3 is 4.42 Å². The average Bonchev–Trinajstić information content (AvgIpc) is 2.80. The molecule has 0 amide bonds. The van der Waals surface area contributed by atoms with Crippen LogP contribution in [0, 0.1) is 0 Å². The summed E-state index contributed by atoms with van der Waals surface area (Å²) in [5, 5.41) is 1.03. The zero-order valence-electron chi connectivity index (χ0n) is 9.80. The molecule has 0 fully saturated rings. The Labute approximate surface area is 105 Å². The van der Waals surface area contributed by atoms with Crippen molar-refractivity contribution in [3.05, 3.63) is 71.5 Å². The summed E-state index contributed by atoms with van der Waals surface area (Å²) < 4.78 is 5.76. The maximum atomic E-state index is 10.7. The van der Waals surface area contributed by atoms with E-state index < -0.39 is 0 Å². The first-order chi connectivity index (χ1) is 8.85. The fraction of sp³-hybridized carbons (Fsp3) is 0.0625. The van der Waals surface area contributed by atoms with E-state index in [0.29, 0.717) is 5.56 Å². The molecule has 2 aromatic carbocycles. The number of carbonyl (C=O) groups excluding carboxylic acids is 1. The van der Waals surface area contributed by atoms with Crippen LogP contribution in [-0.2, 0) is 6.42 Å². The number of hydrogen-bond acceptors (Lipinski definition) is 2. The van der Waals surface area contributed by atoms with E-state index in [1.807, 2.05) is 30.3 Å². The quantitative estimate of drug-likeness (QED) is 0.647. The van der Waals surface area contributed by atoms with Crippen LogP contribution in [0.3, 0.4) is 0 Å². The molecule has 1 aromatic heterocycles. The largest absolute Gasteiger partial charge is 0.461 e. The normalized spacial score (nSPS) is 10.7. The molecule has 2 heteroatoms. The van der Waals surface area contributed by atoms with Gasteiger partial charge in [0, 0.05) is 17.4 Å². The van der Waals surface area contributed by atoms with E-state index in [9.17, 15) is 4.79 Å². The monoisotopic (exact) mass is 236 g/mol. The highest BCUT2D eigenvalue weighted by Gasteiger charge is 2.05. The first kappa shape index (κ1) is 10.8. The molecule has 0 bridgehead atoms. The summed E-state index contributed by atoms with van der Waals surface area (Å²) in [6.45, 7) is 0. The van der Waals surface area contributed by atoms with Crippen molar-refractivity contribution in [3.63, 3.8) is 0 Å². The Morgan fingerprint density at radius 2 is 1.83 bits per heavy atom. The van der Waals surface area contributed by atoms with Crippen LogP contribution in [0.1, 0.15) is 21.7 Å². The molecule has 0 aliphatic carbocycles. The van der Waals surface area contributed by atoms with Crippen LogP contribution in [0.15, 0.2) is 59.0 Å². The predicted molar refractivity (Wildman–Crippen MR) is 70.8 cm³/mol. The summed E-state index contributed by atoms with van der Waals surface area (Å²) in [5.74, 6) is 0.916. The smallest absolute Gasteiger partial charge is 0.150 e. The van der Waals surface area contributed by atoms with Gasteiger partial charge in [0.05, 0.1) is 0 Å². The molecule has 0 unspecified atom stereocenters. The van der Waals surface area contributed by atoms with Gasteiger partial charge in [-0.2, -0.15) is 0 Å². The molecule has 0 saturated carbocycles. The first-order valence-corrected chi connectivity index (χ1v) is 5.87. The number of aldehydes is 1. The van der Waals surface area contributed by atoms with Crippen LogP contribution in [0.5, 0.6) is 0 Å². The van der Waals surface area contributed by atoms with E-state index in [4.69, 9.17) is 4.42 Å². The SMILES string of the molecule is O=Cc1ccc2cc(Cc3ccccc3)oc2c1. The second-order valence-corrected chi connectivity index (χ2v) is 4.29. The predicted octanol–water partition coefficient (Wildman–Crippen LogP) is 3.84. The topological polar surface area (TPSA) is 30.2 Å². The number of hydrogen-bond donors (Lipinski definition) is 0. The molecule has 0 aliphatic rings. The Balaban J connectivity index is 1.96. The molecule has 18 heavy (non-hydrogen) atoms. The second-order valence-electron chi connectivity index (χ2n) is 4.29. The van der Waals surface area contributed by atoms with Crippen LogP contribution in [0.4, 0.5) is 0 Å². The van der Waals surface area contributed by atoms with E-state index >= 15 is 0 Å². The number of rotatable bonds is 3. The number of benzene rings is 2. The van der Waals surface area contributed by atoms with Crippen molar-refractivity contribution in [1.82, 2.24) is 0 Å². The van der Waals surface area contributed by atoms with E-state index in [1.54, 1.807) is 12.1 Å². The Morgan fingerprint density at radius 3 is 2.61 bits per heavy atom. The Bertz CT molecular complexity index is 681. The van der Waals surface area contributed by atoms with Crippen molar-refractivity contribution < 1.29 is 9.21 Å². The van der Waals surface area contributed by atoms with Crippen LogP contribution in [0.25, 0.3) is 11.0 Å². The Morgan fingerprint density at radius 1 is 1.00 bits per heavy atom. The number of fused-ring (bicyclic) bond motifs is 1. The Kier molecular flexibility index (Phi) is 2.69. The number of furan rings is 1. The van der Waals surface area contributed by atoms with E-state index in [0.717, 1.165) is 29.4 Å². The summed E-state index contributed by atoms with van der Waals surface area (Å²) in [6, 6.07) is 17.7. The number of carbonyl (C=O) groups is 1. The van der Waals surface area contributed by atoms with E-state index in [-0.39, 0.29) is 0 Å². The van der Waals surface area contributed by atoms with Crippen LogP contribution < -0.4 is 0 Å². The van der Waals surface area contributed by atoms with Crippen molar-refractivity contribution in [2.24, 2.45) is 0 Å². The van der Waals surface area contributed by atoms with Crippen molar-refractivity contribution >= 4 is 17.3 Å². The molecule has 88 valence electrons. The molecule has 0 aliphatic heterocycles. The van der Waals surface area contributed by atoms with Crippen LogP contribution in [0.2, 0.25) is 0 Å². The fourth-order valence-corrected chi connectivity index (χ4v) is 2.06. The molecule has 1 heterocycles. The lowest BCUT2D eigenvalue weighted by atomic mass is 10.1. The van der Waals surface area contributed by atoms with Crippen LogP contribution >= 0.6 is 0 Å². The molecular formula is C16H12O2. The van der Waals surface area contributed by atoms with Gasteiger partial charge in [0.2, 0.25) is 0 Å². The molecule has 3 rings (SSSR count). The fourth-order valence-electron chi connectivity index (χ4n) is 2.06. The third-order valence-corrected chi connectivity index (χ3v) is 2.95. The van der Waals surface area contributed by atoms with Gasteiger partial charge in [-0.25, -0.2) is 0 Å². The summed E-state index contributed by atoms with van der Waals surface area (Å²) >= 11 is 0. The lowest BCUT2D eigenvalue weighted by Crippen LogP contribution is -1.83. The third-order valence-electron chi connectivity index (χ3n) is 2.95. The van der Waals surface area contributed by atoms with Gasteiger partial charge in [0.1, 0.15) is 17.6 Å². The first-order valence-electron chi connectivity index (χ1n) is 5.87. The minimum Gasteiger partial charge on any atom is -0.461 e. The zero-order valence-corrected chi connectivity index (χ0v) is 9.80. The van der Waals surface area contributed by atoms with Crippen molar-refractivity contribution in [1.29, 1.82) is 0 Å². The van der Waals surface area contributed by atoms with Gasteiger partial charge >= 0.3 is 0 Å². The van der Waals surface area contributed by atoms with Gasteiger partial charge in [0.15, 0.2) is 0 Å². The maximum Gasteiger partial charge on any atom is 0.150 e. The van der Waals surface area contributed by atoms with Gasteiger partial charge in [-0.1, -0.05) is 42.5 Å². The summed E-state index contributed by atoms with van der Waals surface area (Å²) in [6.07, 6.45) is 1.60.